The fourth-order valence-electron chi connectivity index (χ4n) is 4.02. The highest BCUT2D eigenvalue weighted by Crippen LogP contribution is 2.48. The molecule has 4 atom stereocenters. The highest BCUT2D eigenvalue weighted by molar-refractivity contribution is 8.78. The van der Waals surface area contributed by atoms with Crippen LogP contribution in [0.3, 0.4) is 0 Å². The van der Waals surface area contributed by atoms with Crippen molar-refractivity contribution < 1.29 is 9.53 Å². The van der Waals surface area contributed by atoms with Gasteiger partial charge in [0.05, 0.1) is 0 Å². The highest BCUT2D eigenvalue weighted by Gasteiger charge is 2.39. The minimum Gasteiger partial charge on any atom is -0.461 e. The number of carbonyl (C=O) groups excluding carboxylic acids is 1. The Morgan fingerprint density at radius 3 is 2.78 bits per heavy atom. The van der Waals surface area contributed by atoms with Gasteiger partial charge in [-0.2, -0.15) is 0 Å². The van der Waals surface area contributed by atoms with Gasteiger partial charge in [0.1, 0.15) is 6.61 Å². The summed E-state index contributed by atoms with van der Waals surface area (Å²) < 4.78 is 5.54. The van der Waals surface area contributed by atoms with E-state index in [1.807, 2.05) is 10.8 Å². The molecule has 0 saturated heterocycles. The summed E-state index contributed by atoms with van der Waals surface area (Å²) in [6.07, 6.45) is 11.2. The number of carbonyl (C=O) groups is 1. The molecule has 27 heavy (non-hydrogen) atoms. The van der Waals surface area contributed by atoms with Gasteiger partial charge in [-0.15, -0.1) is 6.58 Å². The quantitative estimate of drug-likeness (QED) is 0.167. The van der Waals surface area contributed by atoms with E-state index in [1.165, 1.54) is 5.57 Å². The molecule has 0 spiro atoms. The van der Waals surface area contributed by atoms with Crippen molar-refractivity contribution >= 4 is 27.6 Å². The molecule has 2 aliphatic rings. The third kappa shape index (κ3) is 6.60. The highest BCUT2D eigenvalue weighted by atomic mass is 33.1. The Kier molecular flexibility index (Phi) is 8.81. The van der Waals surface area contributed by atoms with Crippen LogP contribution in [0.4, 0.5) is 0 Å². The summed E-state index contributed by atoms with van der Waals surface area (Å²) in [6.45, 7) is 17.2. The molecule has 0 aromatic carbocycles. The smallest absolute Gasteiger partial charge is 0.306 e. The van der Waals surface area contributed by atoms with Crippen molar-refractivity contribution in [3.63, 3.8) is 0 Å². The van der Waals surface area contributed by atoms with Crippen LogP contribution in [0.15, 0.2) is 48.4 Å². The lowest BCUT2D eigenvalue weighted by molar-refractivity contribution is -0.143. The van der Waals surface area contributed by atoms with Crippen LogP contribution < -0.4 is 0 Å². The molecule has 4 heteroatoms. The Labute approximate surface area is 173 Å². The summed E-state index contributed by atoms with van der Waals surface area (Å²) in [5.41, 5.74) is 2.28. The van der Waals surface area contributed by atoms with E-state index in [9.17, 15) is 4.79 Å². The molecular formula is C23H34O2S2. The van der Waals surface area contributed by atoms with Crippen LogP contribution in [0.5, 0.6) is 0 Å². The van der Waals surface area contributed by atoms with E-state index < -0.39 is 0 Å². The number of hydrogen-bond acceptors (Lipinski definition) is 4. The molecule has 0 amide bonds. The van der Waals surface area contributed by atoms with Gasteiger partial charge >= 0.3 is 5.97 Å². The average molecular weight is 407 g/mol. The first-order valence-electron chi connectivity index (χ1n) is 9.97. The van der Waals surface area contributed by atoms with Crippen LogP contribution in [0, 0.1) is 17.3 Å². The van der Waals surface area contributed by atoms with Crippen molar-refractivity contribution in [1.82, 2.24) is 0 Å². The van der Waals surface area contributed by atoms with E-state index in [0.717, 1.165) is 44.1 Å². The van der Waals surface area contributed by atoms with Crippen molar-refractivity contribution in [2.24, 2.45) is 17.3 Å². The van der Waals surface area contributed by atoms with Crippen LogP contribution in [0.2, 0.25) is 0 Å². The van der Waals surface area contributed by atoms with Gasteiger partial charge in [-0.05, 0) is 67.3 Å². The zero-order valence-electron chi connectivity index (χ0n) is 16.9. The Morgan fingerprint density at radius 2 is 2.15 bits per heavy atom. The van der Waals surface area contributed by atoms with Gasteiger partial charge in [0, 0.05) is 11.7 Å². The number of ether oxygens (including phenoxy) is 1. The Balaban J connectivity index is 1.74. The summed E-state index contributed by atoms with van der Waals surface area (Å²) in [4.78, 5) is 12.1. The SMILES string of the molecule is C=C[C@]1(C)CC[C@@H](C(=C)C)C[C@H]1C(=C)COC(=O)CCCCC1C=CSS1. The molecule has 1 aliphatic heterocycles. The molecule has 1 aliphatic carbocycles. The van der Waals surface area contributed by atoms with Crippen LogP contribution in [0.1, 0.15) is 58.8 Å². The number of rotatable bonds is 10. The van der Waals surface area contributed by atoms with Crippen molar-refractivity contribution in [1.29, 1.82) is 0 Å². The van der Waals surface area contributed by atoms with E-state index >= 15 is 0 Å². The predicted molar refractivity (Wildman–Crippen MR) is 121 cm³/mol. The van der Waals surface area contributed by atoms with Gasteiger partial charge < -0.3 is 4.74 Å². The predicted octanol–water partition coefficient (Wildman–Crippen LogP) is 7.11. The first-order chi connectivity index (χ1) is 12.9. The minimum absolute atomic E-state index is 0.0277. The molecule has 0 radical (unpaired) electrons. The number of hydrogen-bond donors (Lipinski definition) is 0. The second-order valence-corrected chi connectivity index (χ2v) is 10.6. The normalized spacial score (nSPS) is 30.1. The standard InChI is InChI=1S/C23H34O2S2/c1-6-23(5)13-11-19(17(2)3)15-21(23)18(4)16-25-22(24)10-8-7-9-20-12-14-26-27-20/h6,12,14,19-21H,1-2,4,7-11,13,15-16H2,3,5H3/t19-,20?,21+,23-/m1/s1. The van der Waals surface area contributed by atoms with E-state index in [4.69, 9.17) is 4.74 Å². The van der Waals surface area contributed by atoms with Crippen molar-refractivity contribution in [3.05, 3.63) is 48.4 Å². The summed E-state index contributed by atoms with van der Waals surface area (Å²) in [5.74, 6) is 0.714. The first-order valence-corrected chi connectivity index (χ1v) is 12.2. The maximum Gasteiger partial charge on any atom is 0.306 e. The van der Waals surface area contributed by atoms with Gasteiger partial charge in [-0.1, -0.05) is 65.8 Å². The zero-order chi connectivity index (χ0) is 19.9. The van der Waals surface area contributed by atoms with Gasteiger partial charge in [0.25, 0.3) is 0 Å². The molecule has 1 saturated carbocycles. The molecule has 1 fully saturated rings. The van der Waals surface area contributed by atoms with Crippen molar-refractivity contribution in [2.75, 3.05) is 6.61 Å². The van der Waals surface area contributed by atoms with Gasteiger partial charge in [-0.25, -0.2) is 0 Å². The molecule has 2 rings (SSSR count). The average Bonchev–Trinajstić information content (AvgIpc) is 3.17. The van der Waals surface area contributed by atoms with E-state index in [0.29, 0.717) is 30.1 Å². The number of unbranched alkanes of at least 4 members (excludes halogenated alkanes) is 1. The zero-order valence-corrected chi connectivity index (χ0v) is 18.5. The minimum atomic E-state index is -0.104. The molecule has 0 aromatic rings. The second kappa shape index (κ2) is 10.6. The fraction of sp³-hybridized carbons (Fsp3) is 0.609. The van der Waals surface area contributed by atoms with Gasteiger partial charge in [0.15, 0.2) is 0 Å². The first kappa shape index (κ1) is 22.4. The number of esters is 1. The third-order valence-electron chi connectivity index (χ3n) is 6.07. The maximum atomic E-state index is 12.1. The molecule has 0 aromatic heterocycles. The number of allylic oxidation sites excluding steroid dienone is 2. The molecule has 0 bridgehead atoms. The lowest BCUT2D eigenvalue weighted by Crippen LogP contribution is -2.35. The van der Waals surface area contributed by atoms with E-state index in [1.54, 1.807) is 10.8 Å². The van der Waals surface area contributed by atoms with Crippen molar-refractivity contribution in [2.45, 2.75) is 64.0 Å². The van der Waals surface area contributed by atoms with Crippen LogP contribution >= 0.6 is 21.6 Å². The topological polar surface area (TPSA) is 26.3 Å². The lowest BCUT2D eigenvalue weighted by atomic mass is 9.61. The molecular weight excluding hydrogens is 372 g/mol. The molecule has 1 heterocycles. The van der Waals surface area contributed by atoms with Gasteiger partial charge in [0.2, 0.25) is 0 Å². The molecule has 1 unspecified atom stereocenters. The Morgan fingerprint density at radius 1 is 1.37 bits per heavy atom. The summed E-state index contributed by atoms with van der Waals surface area (Å²) in [5, 5.41) is 2.76. The Hall–Kier alpha value is -0.870. The third-order valence-corrected chi connectivity index (χ3v) is 8.50. The molecule has 2 nitrogen and oxygen atoms in total. The summed E-state index contributed by atoms with van der Waals surface area (Å²) in [7, 11) is 3.70. The summed E-state index contributed by atoms with van der Waals surface area (Å²) >= 11 is 0. The van der Waals surface area contributed by atoms with Crippen LogP contribution in [-0.4, -0.2) is 17.8 Å². The second-order valence-electron chi connectivity index (χ2n) is 8.20. The molecule has 0 N–H and O–H groups in total. The monoisotopic (exact) mass is 406 g/mol. The Bertz CT molecular complexity index is 595. The largest absolute Gasteiger partial charge is 0.461 e. The van der Waals surface area contributed by atoms with Crippen molar-refractivity contribution in [3.8, 4) is 0 Å². The van der Waals surface area contributed by atoms with Crippen LogP contribution in [0.25, 0.3) is 0 Å². The maximum absolute atomic E-state index is 12.1. The molecule has 150 valence electrons. The van der Waals surface area contributed by atoms with E-state index in [2.05, 4.69) is 51.1 Å². The van der Waals surface area contributed by atoms with Crippen LogP contribution in [-0.2, 0) is 9.53 Å². The van der Waals surface area contributed by atoms with E-state index in [-0.39, 0.29) is 11.4 Å². The lowest BCUT2D eigenvalue weighted by Gasteiger charge is -2.44. The fourth-order valence-corrected chi connectivity index (χ4v) is 6.28. The summed E-state index contributed by atoms with van der Waals surface area (Å²) in [6, 6.07) is 0. The van der Waals surface area contributed by atoms with Gasteiger partial charge in [-0.3, -0.25) is 4.79 Å².